The first kappa shape index (κ1) is 14.2. The number of hydrogen-bond acceptors (Lipinski definition) is 4. The minimum Gasteiger partial charge on any atom is -0.326 e. The van der Waals surface area contributed by atoms with Gasteiger partial charge in [0.1, 0.15) is 0 Å². The molecule has 0 bridgehead atoms. The second kappa shape index (κ2) is 5.59. The van der Waals surface area contributed by atoms with Gasteiger partial charge in [-0.15, -0.1) is 0 Å². The highest BCUT2D eigenvalue weighted by Gasteiger charge is 2.29. The highest BCUT2D eigenvalue weighted by molar-refractivity contribution is 7.89. The van der Waals surface area contributed by atoms with E-state index in [1.54, 1.807) is 0 Å². The van der Waals surface area contributed by atoms with Crippen molar-refractivity contribution in [3.8, 4) is 0 Å². The monoisotopic (exact) mass is 306 g/mol. The second-order valence-corrected chi connectivity index (χ2v) is 6.98. The van der Waals surface area contributed by atoms with Gasteiger partial charge in [-0.3, -0.25) is 5.10 Å². The van der Waals surface area contributed by atoms with E-state index in [9.17, 15) is 8.42 Å². The Morgan fingerprint density at radius 2 is 1.81 bits per heavy atom. The summed E-state index contributed by atoms with van der Waals surface area (Å²) in [6, 6.07) is 8.11. The molecule has 1 aromatic heterocycles. The quantitative estimate of drug-likeness (QED) is 0.871. The fourth-order valence-corrected chi connectivity index (χ4v) is 4.24. The summed E-state index contributed by atoms with van der Waals surface area (Å²) in [6.45, 7) is 1.10. The van der Waals surface area contributed by atoms with Crippen LogP contribution in [-0.4, -0.2) is 36.0 Å². The van der Waals surface area contributed by atoms with Crippen molar-refractivity contribution in [3.05, 3.63) is 47.2 Å². The lowest BCUT2D eigenvalue weighted by atomic mass is 10.0. The lowest BCUT2D eigenvalue weighted by molar-refractivity contribution is 0.423. The minimum absolute atomic E-state index is 0.121. The molecule has 0 saturated carbocycles. The molecule has 0 aliphatic carbocycles. The zero-order valence-electron chi connectivity index (χ0n) is 11.6. The molecule has 0 spiro atoms. The van der Waals surface area contributed by atoms with E-state index in [2.05, 4.69) is 22.3 Å². The number of sulfonamides is 1. The average molecular weight is 306 g/mol. The molecule has 0 unspecified atom stereocenters. The number of hydrogen-bond donors (Lipinski definition) is 2. The Morgan fingerprint density at radius 3 is 2.38 bits per heavy atom. The van der Waals surface area contributed by atoms with Gasteiger partial charge in [0.2, 0.25) is 0 Å². The SMILES string of the molecule is NCc1cn[nH]c1S(=O)(=O)N1CCc2ccccc2CC1. The van der Waals surface area contributed by atoms with Gasteiger partial charge in [-0.2, -0.15) is 9.40 Å². The van der Waals surface area contributed by atoms with Crippen LogP contribution in [0, 0.1) is 0 Å². The zero-order chi connectivity index (χ0) is 14.9. The smallest absolute Gasteiger partial charge is 0.260 e. The molecule has 2 aromatic rings. The van der Waals surface area contributed by atoms with Gasteiger partial charge >= 0.3 is 0 Å². The van der Waals surface area contributed by atoms with E-state index in [1.165, 1.54) is 21.6 Å². The number of benzene rings is 1. The molecule has 21 heavy (non-hydrogen) atoms. The van der Waals surface area contributed by atoms with E-state index in [4.69, 9.17) is 5.73 Å². The predicted octanol–water partition coefficient (Wildman–Crippen LogP) is 0.658. The summed E-state index contributed by atoms with van der Waals surface area (Å²) < 4.78 is 27.0. The first-order chi connectivity index (χ1) is 10.1. The molecule has 0 saturated heterocycles. The zero-order valence-corrected chi connectivity index (χ0v) is 12.4. The maximum Gasteiger partial charge on any atom is 0.260 e. The van der Waals surface area contributed by atoms with Crippen LogP contribution in [0.2, 0.25) is 0 Å². The summed E-state index contributed by atoms with van der Waals surface area (Å²) >= 11 is 0. The van der Waals surface area contributed by atoms with Gasteiger partial charge in [0.05, 0.1) is 6.20 Å². The molecule has 1 aliphatic heterocycles. The topological polar surface area (TPSA) is 92.1 Å². The summed E-state index contributed by atoms with van der Waals surface area (Å²) in [5, 5.41) is 6.50. The molecule has 7 heteroatoms. The van der Waals surface area contributed by atoms with Crippen molar-refractivity contribution in [2.45, 2.75) is 24.4 Å². The molecule has 3 N–H and O–H groups in total. The van der Waals surface area contributed by atoms with Crippen LogP contribution in [0.15, 0.2) is 35.5 Å². The molecule has 6 nitrogen and oxygen atoms in total. The minimum atomic E-state index is -3.57. The van der Waals surface area contributed by atoms with Crippen LogP contribution in [-0.2, 0) is 29.4 Å². The number of rotatable bonds is 3. The molecular weight excluding hydrogens is 288 g/mol. The summed E-state index contributed by atoms with van der Waals surface area (Å²) in [6.07, 6.45) is 2.92. The first-order valence-corrected chi connectivity index (χ1v) is 8.36. The third kappa shape index (κ3) is 2.59. The lowest BCUT2D eigenvalue weighted by Crippen LogP contribution is -2.34. The van der Waals surface area contributed by atoms with Crippen molar-refractivity contribution in [3.63, 3.8) is 0 Å². The number of aromatic nitrogens is 2. The van der Waals surface area contributed by atoms with E-state index in [0.29, 0.717) is 18.7 Å². The van der Waals surface area contributed by atoms with E-state index in [0.717, 1.165) is 12.8 Å². The third-order valence-electron chi connectivity index (χ3n) is 3.88. The van der Waals surface area contributed by atoms with Crippen molar-refractivity contribution in [2.75, 3.05) is 13.1 Å². The first-order valence-electron chi connectivity index (χ1n) is 6.92. The molecular formula is C14H18N4O2S. The third-order valence-corrected chi connectivity index (χ3v) is 5.79. The van der Waals surface area contributed by atoms with Gasteiger partial charge in [0.15, 0.2) is 5.03 Å². The van der Waals surface area contributed by atoms with Gasteiger partial charge in [-0.1, -0.05) is 24.3 Å². The van der Waals surface area contributed by atoms with Crippen molar-refractivity contribution in [1.82, 2.24) is 14.5 Å². The van der Waals surface area contributed by atoms with Crippen LogP contribution in [0.4, 0.5) is 0 Å². The van der Waals surface area contributed by atoms with Gasteiger partial charge in [0, 0.05) is 25.2 Å². The van der Waals surface area contributed by atoms with Crippen molar-refractivity contribution >= 4 is 10.0 Å². The number of nitrogens with two attached hydrogens (primary N) is 1. The van der Waals surface area contributed by atoms with Crippen LogP contribution in [0.3, 0.4) is 0 Å². The van der Waals surface area contributed by atoms with Crippen LogP contribution in [0.25, 0.3) is 0 Å². The molecule has 3 rings (SSSR count). The van der Waals surface area contributed by atoms with Gasteiger partial charge in [-0.05, 0) is 24.0 Å². The van der Waals surface area contributed by atoms with Crippen LogP contribution < -0.4 is 5.73 Å². The second-order valence-electron chi connectivity index (χ2n) is 5.10. The van der Waals surface area contributed by atoms with Gasteiger partial charge in [-0.25, -0.2) is 8.42 Å². The Bertz CT molecular complexity index is 712. The molecule has 1 aromatic carbocycles. The molecule has 0 atom stereocenters. The summed E-state index contributed by atoms with van der Waals surface area (Å²) in [4.78, 5) is 0. The number of nitrogens with zero attached hydrogens (tertiary/aromatic N) is 2. The van der Waals surface area contributed by atoms with Gasteiger partial charge < -0.3 is 5.73 Å². The van der Waals surface area contributed by atoms with Crippen molar-refractivity contribution < 1.29 is 8.42 Å². The number of H-pyrrole nitrogens is 1. The molecule has 0 amide bonds. The fraction of sp³-hybridized carbons (Fsp3) is 0.357. The number of nitrogens with one attached hydrogen (secondary N) is 1. The highest BCUT2D eigenvalue weighted by Crippen LogP contribution is 2.22. The molecule has 0 radical (unpaired) electrons. The Kier molecular flexibility index (Phi) is 3.79. The Morgan fingerprint density at radius 1 is 1.19 bits per heavy atom. The molecule has 0 fully saturated rings. The number of aromatic amines is 1. The van der Waals surface area contributed by atoms with E-state index >= 15 is 0 Å². The molecule has 2 heterocycles. The van der Waals surface area contributed by atoms with E-state index < -0.39 is 10.0 Å². The Hall–Kier alpha value is -1.70. The summed E-state index contributed by atoms with van der Waals surface area (Å²) in [7, 11) is -3.57. The van der Waals surface area contributed by atoms with Crippen LogP contribution in [0.5, 0.6) is 0 Å². The van der Waals surface area contributed by atoms with Gasteiger partial charge in [0.25, 0.3) is 10.0 Å². The highest BCUT2D eigenvalue weighted by atomic mass is 32.2. The number of fused-ring (bicyclic) bond motifs is 1. The Balaban J connectivity index is 1.89. The largest absolute Gasteiger partial charge is 0.326 e. The molecule has 1 aliphatic rings. The predicted molar refractivity (Wildman–Crippen MR) is 79.1 cm³/mol. The van der Waals surface area contributed by atoms with E-state index in [-0.39, 0.29) is 11.6 Å². The maximum absolute atomic E-state index is 12.7. The van der Waals surface area contributed by atoms with E-state index in [1.807, 2.05) is 12.1 Å². The van der Waals surface area contributed by atoms with Crippen molar-refractivity contribution in [2.24, 2.45) is 5.73 Å². The van der Waals surface area contributed by atoms with Crippen molar-refractivity contribution in [1.29, 1.82) is 0 Å². The fourth-order valence-electron chi connectivity index (χ4n) is 2.68. The van der Waals surface area contributed by atoms with Crippen LogP contribution >= 0.6 is 0 Å². The lowest BCUT2D eigenvalue weighted by Gasteiger charge is -2.19. The maximum atomic E-state index is 12.7. The molecule has 112 valence electrons. The average Bonchev–Trinajstić information content (AvgIpc) is 2.87. The summed E-state index contributed by atoms with van der Waals surface area (Å²) in [5.74, 6) is 0. The standard InChI is InChI=1S/C14H18N4O2S/c15-9-13-10-16-17-14(13)21(19,20)18-7-5-11-3-1-2-4-12(11)6-8-18/h1-4,10H,5-9,15H2,(H,16,17). The van der Waals surface area contributed by atoms with Crippen LogP contribution in [0.1, 0.15) is 16.7 Å². The Labute approximate surface area is 124 Å². The summed E-state index contributed by atoms with van der Waals surface area (Å²) in [5.41, 5.74) is 8.55. The normalized spacial score (nSPS) is 16.4.